The molecule has 0 saturated carbocycles. The van der Waals surface area contributed by atoms with E-state index in [-0.39, 0.29) is 5.56 Å². The molecule has 0 unspecified atom stereocenters. The van der Waals surface area contributed by atoms with Gasteiger partial charge in [0.25, 0.3) is 5.56 Å². The van der Waals surface area contributed by atoms with Gasteiger partial charge in [0.1, 0.15) is 18.1 Å². The van der Waals surface area contributed by atoms with Crippen LogP contribution in [0.15, 0.2) is 121 Å². The fraction of sp³-hybridized carbons (Fsp3) is 0.0286. The van der Waals surface area contributed by atoms with E-state index in [9.17, 15) is 4.79 Å². The third-order valence-corrected chi connectivity index (χ3v) is 7.90. The van der Waals surface area contributed by atoms with Gasteiger partial charge in [-0.15, -0.1) is 5.10 Å². The Hall–Kier alpha value is -5.60. The first-order valence-electron chi connectivity index (χ1n) is 13.7. The molecule has 0 aliphatic heterocycles. The summed E-state index contributed by atoms with van der Waals surface area (Å²) in [6, 6.07) is 32.2. The van der Waals surface area contributed by atoms with Crippen LogP contribution in [0, 0.1) is 0 Å². The number of hydrogen-bond donors (Lipinski definition) is 0. The fourth-order valence-electron chi connectivity index (χ4n) is 4.83. The van der Waals surface area contributed by atoms with Crippen LogP contribution >= 0.6 is 11.3 Å². The number of para-hydroxylation sites is 1. The summed E-state index contributed by atoms with van der Waals surface area (Å²) in [5, 5.41) is 11.7. The van der Waals surface area contributed by atoms with E-state index in [1.54, 1.807) is 12.2 Å². The van der Waals surface area contributed by atoms with Gasteiger partial charge in [-0.25, -0.2) is 4.68 Å². The van der Waals surface area contributed by atoms with Crippen molar-refractivity contribution in [2.45, 2.75) is 0 Å². The summed E-state index contributed by atoms with van der Waals surface area (Å²) in [6.07, 6.45) is 9.24. The summed E-state index contributed by atoms with van der Waals surface area (Å²) in [5.74, 6) is 1.24. The monoisotopic (exact) mass is 579 g/mol. The smallest absolute Gasteiger partial charge is 0.291 e. The van der Waals surface area contributed by atoms with E-state index in [1.807, 2.05) is 89.8 Å². The molecule has 8 heteroatoms. The van der Waals surface area contributed by atoms with Gasteiger partial charge in [0.15, 0.2) is 5.82 Å². The average Bonchev–Trinajstić information content (AvgIpc) is 3.74. The molecule has 7 rings (SSSR count). The first-order valence-corrected chi connectivity index (χ1v) is 14.5. The van der Waals surface area contributed by atoms with E-state index in [4.69, 9.17) is 9.84 Å². The Morgan fingerprint density at radius 3 is 2.44 bits per heavy atom. The zero-order valence-corrected chi connectivity index (χ0v) is 23.8. The molecule has 0 spiro atoms. The van der Waals surface area contributed by atoms with Crippen LogP contribution in [0.5, 0.6) is 5.75 Å². The topological polar surface area (TPSA) is 74.3 Å². The normalized spacial score (nSPS) is 12.0. The molecule has 0 fully saturated rings. The molecule has 0 radical (unpaired) electrons. The molecule has 0 N–H and O–H groups in total. The molecule has 0 saturated heterocycles. The van der Waals surface area contributed by atoms with Gasteiger partial charge < -0.3 is 4.74 Å². The average molecular weight is 580 g/mol. The highest BCUT2D eigenvalue weighted by Gasteiger charge is 2.14. The summed E-state index contributed by atoms with van der Waals surface area (Å²) in [5.41, 5.74) is 4.28. The summed E-state index contributed by atoms with van der Waals surface area (Å²) in [7, 11) is 0. The number of ether oxygens (including phenoxy) is 1. The Balaban J connectivity index is 1.24. The number of fused-ring (bicyclic) bond motifs is 2. The largest absolute Gasteiger partial charge is 0.490 e. The van der Waals surface area contributed by atoms with Crippen LogP contribution < -0.4 is 14.8 Å². The molecule has 0 bridgehead atoms. The second-order valence-electron chi connectivity index (χ2n) is 9.86. The molecule has 0 aliphatic carbocycles. The maximum Gasteiger partial charge on any atom is 0.291 e. The first-order chi connectivity index (χ1) is 21.1. The minimum Gasteiger partial charge on any atom is -0.490 e. The molecule has 0 aliphatic rings. The van der Waals surface area contributed by atoms with Crippen molar-refractivity contribution in [3.63, 3.8) is 0 Å². The van der Waals surface area contributed by atoms with Crippen molar-refractivity contribution in [1.29, 1.82) is 0 Å². The Morgan fingerprint density at radius 2 is 1.65 bits per heavy atom. The van der Waals surface area contributed by atoms with E-state index < -0.39 is 0 Å². The lowest BCUT2D eigenvalue weighted by molar-refractivity contribution is 0.363. The standard InChI is InChI=1S/C35H25N5O2S/c1-2-20-42-30-17-12-24(13-18-30)14-19-32-36-35-40(37-32)34(41)31(43-35)22-28-23-39(29-10-4-3-5-11-29)38-33(28)27-16-15-25-8-6-7-9-26(25)21-27/h2-19,21-23H,1,20H2/b19-14+,31-22-. The molecular weight excluding hydrogens is 554 g/mol. The predicted octanol–water partition coefficient (Wildman–Crippen LogP) is 6.44. The van der Waals surface area contributed by atoms with Gasteiger partial charge in [-0.3, -0.25) is 4.79 Å². The molecule has 0 amide bonds. The summed E-state index contributed by atoms with van der Waals surface area (Å²) >= 11 is 1.31. The van der Waals surface area contributed by atoms with Gasteiger partial charge in [-0.2, -0.15) is 14.6 Å². The SMILES string of the molecule is C=CCOc1ccc(/C=C/c2nc3s/c(=C\c4cn(-c5ccccc5)nc4-c4ccc5ccccc5c4)c(=O)n3n2)cc1. The van der Waals surface area contributed by atoms with Crippen molar-refractivity contribution >= 4 is 45.3 Å². The van der Waals surface area contributed by atoms with Gasteiger partial charge in [0, 0.05) is 17.3 Å². The van der Waals surface area contributed by atoms with Crippen LogP contribution in [-0.2, 0) is 0 Å². The summed E-state index contributed by atoms with van der Waals surface area (Å²) in [4.78, 5) is 18.5. The lowest BCUT2D eigenvalue weighted by Crippen LogP contribution is -2.23. The van der Waals surface area contributed by atoms with Crippen molar-refractivity contribution in [2.24, 2.45) is 0 Å². The predicted molar refractivity (Wildman–Crippen MR) is 173 cm³/mol. The highest BCUT2D eigenvalue weighted by Crippen LogP contribution is 2.28. The minimum atomic E-state index is -0.215. The molecule has 7 nitrogen and oxygen atoms in total. The number of thiazole rings is 1. The van der Waals surface area contributed by atoms with E-state index in [1.165, 1.54) is 15.9 Å². The molecule has 208 valence electrons. The van der Waals surface area contributed by atoms with Crippen LogP contribution in [0.25, 0.3) is 50.9 Å². The Labute approximate surface area is 251 Å². The quantitative estimate of drug-likeness (QED) is 0.194. The van der Waals surface area contributed by atoms with Crippen molar-refractivity contribution in [3.05, 3.63) is 148 Å². The van der Waals surface area contributed by atoms with Crippen molar-refractivity contribution in [3.8, 4) is 22.7 Å². The van der Waals surface area contributed by atoms with E-state index in [2.05, 4.69) is 47.0 Å². The Morgan fingerprint density at radius 1 is 0.860 bits per heavy atom. The third kappa shape index (κ3) is 5.39. The van der Waals surface area contributed by atoms with Crippen LogP contribution in [0.3, 0.4) is 0 Å². The summed E-state index contributed by atoms with van der Waals surface area (Å²) < 4.78 is 9.28. The Bertz CT molecular complexity index is 2230. The molecule has 7 aromatic rings. The second-order valence-corrected chi connectivity index (χ2v) is 10.9. The summed E-state index contributed by atoms with van der Waals surface area (Å²) in [6.45, 7) is 4.12. The zero-order chi connectivity index (χ0) is 29.2. The molecule has 0 atom stereocenters. The maximum atomic E-state index is 13.4. The van der Waals surface area contributed by atoms with Crippen LogP contribution in [0.1, 0.15) is 17.0 Å². The maximum absolute atomic E-state index is 13.4. The molecule has 43 heavy (non-hydrogen) atoms. The lowest BCUT2D eigenvalue weighted by atomic mass is 10.0. The van der Waals surface area contributed by atoms with Crippen molar-refractivity contribution in [1.82, 2.24) is 24.4 Å². The zero-order valence-electron chi connectivity index (χ0n) is 23.0. The lowest BCUT2D eigenvalue weighted by Gasteiger charge is -2.03. The van der Waals surface area contributed by atoms with E-state index in [0.29, 0.717) is 21.9 Å². The van der Waals surface area contributed by atoms with Crippen LogP contribution in [0.4, 0.5) is 0 Å². The molecule has 3 heterocycles. The highest BCUT2D eigenvalue weighted by molar-refractivity contribution is 7.15. The number of rotatable bonds is 8. The number of aromatic nitrogens is 5. The van der Waals surface area contributed by atoms with Gasteiger partial charge >= 0.3 is 0 Å². The van der Waals surface area contributed by atoms with Crippen LogP contribution in [0.2, 0.25) is 0 Å². The molecule has 3 aromatic heterocycles. The van der Waals surface area contributed by atoms with Crippen molar-refractivity contribution in [2.75, 3.05) is 6.61 Å². The van der Waals surface area contributed by atoms with E-state index >= 15 is 0 Å². The molecule has 4 aromatic carbocycles. The van der Waals surface area contributed by atoms with E-state index in [0.717, 1.165) is 44.6 Å². The van der Waals surface area contributed by atoms with Crippen molar-refractivity contribution < 1.29 is 4.74 Å². The Kier molecular flexibility index (Phi) is 6.94. The number of nitrogens with zero attached hydrogens (tertiary/aromatic N) is 5. The van der Waals surface area contributed by atoms with Gasteiger partial charge in [0.2, 0.25) is 4.96 Å². The van der Waals surface area contributed by atoms with Crippen LogP contribution in [-0.4, -0.2) is 31.0 Å². The van der Waals surface area contributed by atoms with Gasteiger partial charge in [-0.1, -0.05) is 96.8 Å². The number of benzene rings is 4. The van der Waals surface area contributed by atoms with Gasteiger partial charge in [-0.05, 0) is 58.8 Å². The highest BCUT2D eigenvalue weighted by atomic mass is 32.1. The fourth-order valence-corrected chi connectivity index (χ4v) is 5.73. The second kappa shape index (κ2) is 11.3. The number of hydrogen-bond acceptors (Lipinski definition) is 6. The molecular formula is C35H25N5O2S. The van der Waals surface area contributed by atoms with Gasteiger partial charge in [0.05, 0.1) is 10.2 Å². The third-order valence-electron chi connectivity index (χ3n) is 6.94. The first kappa shape index (κ1) is 26.3. The minimum absolute atomic E-state index is 0.215.